The minimum atomic E-state index is -0.747. The quantitative estimate of drug-likeness (QED) is 0.828. The van der Waals surface area contributed by atoms with Gasteiger partial charge >= 0.3 is 0 Å². The maximum Gasteiger partial charge on any atom is 0.260 e. The van der Waals surface area contributed by atoms with Crippen molar-refractivity contribution in [2.75, 3.05) is 6.54 Å². The number of hydrogen-bond acceptors (Lipinski definition) is 3. The van der Waals surface area contributed by atoms with Gasteiger partial charge in [0.2, 0.25) is 0 Å². The van der Waals surface area contributed by atoms with E-state index in [-0.39, 0.29) is 24.1 Å². The highest BCUT2D eigenvalue weighted by molar-refractivity contribution is 5.81. The maximum atomic E-state index is 14.2. The van der Waals surface area contributed by atoms with Crippen molar-refractivity contribution in [3.8, 4) is 11.5 Å². The topological polar surface area (TPSA) is 58.6 Å². The smallest absolute Gasteiger partial charge is 0.260 e. The molecule has 138 valence electrons. The monoisotopic (exact) mass is 361 g/mol. The third kappa shape index (κ3) is 3.64. The van der Waals surface area contributed by atoms with Gasteiger partial charge in [-0.15, -0.1) is 0 Å². The van der Waals surface area contributed by atoms with Crippen LogP contribution in [0.25, 0.3) is 0 Å². The Morgan fingerprint density at radius 2 is 1.96 bits per heavy atom. The third-order valence-corrected chi connectivity index (χ3v) is 5.02. The Hall–Kier alpha value is -2.63. The van der Waals surface area contributed by atoms with Crippen LogP contribution in [0.3, 0.4) is 0 Å². The SMILES string of the molecule is CC(Oc1ccc(O)cc1)C(=O)NCC1(c2ccc(F)cc2F)CC1C. The molecule has 3 rings (SSSR count). The molecule has 0 saturated heterocycles. The molecular formula is C20H21F2NO3. The zero-order valence-corrected chi connectivity index (χ0v) is 14.6. The number of amides is 1. The van der Waals surface area contributed by atoms with Gasteiger partial charge in [-0.3, -0.25) is 4.79 Å². The summed E-state index contributed by atoms with van der Waals surface area (Å²) in [6.45, 7) is 3.85. The number of aromatic hydroxyl groups is 1. The minimum absolute atomic E-state index is 0.112. The van der Waals surface area contributed by atoms with Crippen molar-refractivity contribution in [2.24, 2.45) is 5.92 Å². The molecule has 3 unspecified atom stereocenters. The van der Waals surface area contributed by atoms with Crippen LogP contribution < -0.4 is 10.1 Å². The van der Waals surface area contributed by atoms with Crippen LogP contribution in [-0.2, 0) is 10.2 Å². The second-order valence-corrected chi connectivity index (χ2v) is 6.86. The molecule has 1 aliphatic rings. The number of carbonyl (C=O) groups is 1. The number of phenols is 1. The molecule has 2 aromatic carbocycles. The summed E-state index contributed by atoms with van der Waals surface area (Å²) in [5.41, 5.74) is -0.0788. The van der Waals surface area contributed by atoms with Crippen molar-refractivity contribution in [1.82, 2.24) is 5.32 Å². The molecule has 0 heterocycles. The first-order valence-corrected chi connectivity index (χ1v) is 8.51. The fourth-order valence-corrected chi connectivity index (χ4v) is 3.27. The van der Waals surface area contributed by atoms with Crippen molar-refractivity contribution in [1.29, 1.82) is 0 Å². The molecule has 3 atom stereocenters. The van der Waals surface area contributed by atoms with Crippen LogP contribution in [0.15, 0.2) is 42.5 Å². The lowest BCUT2D eigenvalue weighted by atomic mass is 9.92. The summed E-state index contributed by atoms with van der Waals surface area (Å²) >= 11 is 0. The molecule has 1 fully saturated rings. The summed E-state index contributed by atoms with van der Waals surface area (Å²) in [6.07, 6.45) is -0.0213. The van der Waals surface area contributed by atoms with Crippen molar-refractivity contribution < 1.29 is 23.4 Å². The summed E-state index contributed by atoms with van der Waals surface area (Å²) in [6, 6.07) is 9.64. The number of carbonyl (C=O) groups excluding carboxylic acids is 1. The standard InChI is InChI=1S/C20H21F2NO3/c1-12-10-20(12,17-8-3-14(21)9-18(17)22)11-23-19(25)13(2)26-16-6-4-15(24)5-7-16/h3-9,12-13,24H,10-11H2,1-2H3,(H,23,25). The van der Waals surface area contributed by atoms with E-state index in [0.717, 1.165) is 12.5 Å². The zero-order chi connectivity index (χ0) is 18.9. The maximum absolute atomic E-state index is 14.2. The van der Waals surface area contributed by atoms with Crippen molar-refractivity contribution in [3.63, 3.8) is 0 Å². The van der Waals surface area contributed by atoms with E-state index in [1.54, 1.807) is 19.1 Å². The predicted octanol–water partition coefficient (Wildman–Crippen LogP) is 3.53. The fourth-order valence-electron chi connectivity index (χ4n) is 3.27. The molecule has 0 spiro atoms. The van der Waals surface area contributed by atoms with Gasteiger partial charge in [0.15, 0.2) is 6.10 Å². The van der Waals surface area contributed by atoms with Gasteiger partial charge in [0.1, 0.15) is 23.1 Å². The van der Waals surface area contributed by atoms with Gasteiger partial charge in [0.25, 0.3) is 5.91 Å². The number of ether oxygens (including phenoxy) is 1. The Labute approximate surface area is 150 Å². The lowest BCUT2D eigenvalue weighted by Crippen LogP contribution is -2.41. The van der Waals surface area contributed by atoms with Crippen LogP contribution in [0.5, 0.6) is 11.5 Å². The highest BCUT2D eigenvalue weighted by atomic mass is 19.1. The average Bonchev–Trinajstić information content (AvgIpc) is 3.25. The van der Waals surface area contributed by atoms with Crippen molar-refractivity contribution in [3.05, 3.63) is 59.7 Å². The fraction of sp³-hybridized carbons (Fsp3) is 0.350. The highest BCUT2D eigenvalue weighted by Crippen LogP contribution is 2.54. The second-order valence-electron chi connectivity index (χ2n) is 6.86. The predicted molar refractivity (Wildman–Crippen MR) is 93.0 cm³/mol. The number of benzene rings is 2. The van der Waals surface area contributed by atoms with Gasteiger partial charge in [-0.05, 0) is 55.2 Å². The Kier molecular flexibility index (Phi) is 4.85. The lowest BCUT2D eigenvalue weighted by Gasteiger charge is -2.21. The summed E-state index contributed by atoms with van der Waals surface area (Å²) in [5, 5.41) is 12.1. The van der Waals surface area contributed by atoms with Gasteiger partial charge in [-0.1, -0.05) is 13.0 Å². The average molecular weight is 361 g/mol. The van der Waals surface area contributed by atoms with E-state index < -0.39 is 23.2 Å². The first kappa shape index (κ1) is 18.2. The number of rotatable bonds is 6. The number of phenolic OH excluding ortho intramolecular Hbond substituents is 1. The van der Waals surface area contributed by atoms with Crippen LogP contribution in [0.2, 0.25) is 0 Å². The minimum Gasteiger partial charge on any atom is -0.508 e. The summed E-state index contributed by atoms with van der Waals surface area (Å²) in [5.74, 6) is -0.758. The summed E-state index contributed by atoms with van der Waals surface area (Å²) < 4.78 is 32.9. The molecule has 2 aromatic rings. The van der Waals surface area contributed by atoms with Crippen molar-refractivity contribution in [2.45, 2.75) is 31.8 Å². The Bertz CT molecular complexity index is 809. The normalized spacial score (nSPS) is 22.5. The van der Waals surface area contributed by atoms with E-state index in [1.165, 1.54) is 24.3 Å². The number of hydrogen-bond donors (Lipinski definition) is 2. The molecule has 0 aliphatic heterocycles. The number of nitrogens with one attached hydrogen (secondary N) is 1. The van der Waals surface area contributed by atoms with E-state index in [4.69, 9.17) is 4.74 Å². The van der Waals surface area contributed by atoms with Gasteiger partial charge in [-0.2, -0.15) is 0 Å². The molecule has 2 N–H and O–H groups in total. The molecule has 0 radical (unpaired) electrons. The van der Waals surface area contributed by atoms with E-state index in [2.05, 4.69) is 5.32 Å². The molecule has 26 heavy (non-hydrogen) atoms. The van der Waals surface area contributed by atoms with Crippen molar-refractivity contribution >= 4 is 5.91 Å². The molecule has 6 heteroatoms. The third-order valence-electron chi connectivity index (χ3n) is 5.02. The van der Waals surface area contributed by atoms with Gasteiger partial charge in [0.05, 0.1) is 0 Å². The summed E-state index contributed by atoms with van der Waals surface area (Å²) in [7, 11) is 0. The van der Waals surface area contributed by atoms with Gasteiger partial charge < -0.3 is 15.2 Å². The largest absolute Gasteiger partial charge is 0.508 e. The van der Waals surface area contributed by atoms with Crippen LogP contribution in [-0.4, -0.2) is 23.7 Å². The first-order valence-electron chi connectivity index (χ1n) is 8.51. The highest BCUT2D eigenvalue weighted by Gasteiger charge is 2.53. The van der Waals surface area contributed by atoms with Crippen LogP contribution in [0, 0.1) is 17.6 Å². The first-order chi connectivity index (χ1) is 12.3. The van der Waals surface area contributed by atoms with E-state index >= 15 is 0 Å². The molecule has 1 aliphatic carbocycles. The summed E-state index contributed by atoms with van der Waals surface area (Å²) in [4.78, 5) is 12.3. The zero-order valence-electron chi connectivity index (χ0n) is 14.6. The van der Waals surface area contributed by atoms with E-state index in [0.29, 0.717) is 11.3 Å². The van der Waals surface area contributed by atoms with Crippen LogP contribution in [0.4, 0.5) is 8.78 Å². The Balaban J connectivity index is 1.63. The molecule has 0 bridgehead atoms. The van der Waals surface area contributed by atoms with Crippen LogP contribution in [0.1, 0.15) is 25.8 Å². The lowest BCUT2D eigenvalue weighted by molar-refractivity contribution is -0.127. The number of halogens is 2. The second kappa shape index (κ2) is 6.94. The van der Waals surface area contributed by atoms with Gasteiger partial charge in [0, 0.05) is 18.0 Å². The van der Waals surface area contributed by atoms with E-state index in [9.17, 15) is 18.7 Å². The molecule has 1 amide bonds. The molecule has 4 nitrogen and oxygen atoms in total. The Morgan fingerprint density at radius 3 is 2.54 bits per heavy atom. The molecular weight excluding hydrogens is 340 g/mol. The van der Waals surface area contributed by atoms with E-state index in [1.807, 2.05) is 6.92 Å². The molecule has 0 aromatic heterocycles. The van der Waals surface area contributed by atoms with Gasteiger partial charge in [-0.25, -0.2) is 8.78 Å². The molecule has 1 saturated carbocycles. The Morgan fingerprint density at radius 1 is 1.31 bits per heavy atom. The van der Waals surface area contributed by atoms with Crippen LogP contribution >= 0.6 is 0 Å².